The Hall–Kier alpha value is -2.59. The van der Waals surface area contributed by atoms with Crippen LogP contribution in [0, 0.1) is 0 Å². The Labute approximate surface area is 154 Å². The lowest BCUT2D eigenvalue weighted by atomic mass is 10.2. The first-order valence-corrected chi connectivity index (χ1v) is 8.64. The van der Waals surface area contributed by atoms with Crippen molar-refractivity contribution in [3.63, 3.8) is 0 Å². The molecular weight excluding hydrogens is 362 g/mol. The van der Waals surface area contributed by atoms with Gasteiger partial charge < -0.3 is 20.1 Å². The summed E-state index contributed by atoms with van der Waals surface area (Å²) in [6, 6.07) is 4.04. The molecule has 0 aliphatic carbocycles. The monoisotopic (exact) mass is 381 g/mol. The standard InChI is InChI=1S/C16H19N3O6S/c1-9-14(21)18-11-7-10(3-4-12(11)26-9)15(22)25-8-13(20)19-16(23)17-5-6-24-2/h3-4,7,9H,5-6,8H2,1-2H3,(H,18,21)(H2,17,19,20,23). The Morgan fingerprint density at radius 3 is 2.81 bits per heavy atom. The van der Waals surface area contributed by atoms with E-state index in [0.717, 1.165) is 4.90 Å². The number of anilines is 1. The highest BCUT2D eigenvalue weighted by atomic mass is 32.2. The molecule has 1 atom stereocenters. The molecule has 10 heteroatoms. The minimum Gasteiger partial charge on any atom is -0.452 e. The highest BCUT2D eigenvalue weighted by molar-refractivity contribution is 8.00. The van der Waals surface area contributed by atoms with Crippen LogP contribution in [0.4, 0.5) is 10.5 Å². The lowest BCUT2D eigenvalue weighted by Crippen LogP contribution is -2.42. The molecule has 0 spiro atoms. The Morgan fingerprint density at radius 1 is 1.31 bits per heavy atom. The zero-order valence-electron chi connectivity index (χ0n) is 14.3. The highest BCUT2D eigenvalue weighted by Gasteiger charge is 2.24. The normalized spacial score (nSPS) is 15.5. The Kier molecular flexibility index (Phi) is 6.98. The van der Waals surface area contributed by atoms with Crippen LogP contribution >= 0.6 is 11.8 Å². The molecule has 0 radical (unpaired) electrons. The van der Waals surface area contributed by atoms with E-state index >= 15 is 0 Å². The minimum atomic E-state index is -0.760. The van der Waals surface area contributed by atoms with Gasteiger partial charge in [-0.25, -0.2) is 9.59 Å². The first kappa shape index (κ1) is 19.7. The van der Waals surface area contributed by atoms with E-state index in [0.29, 0.717) is 12.3 Å². The maximum Gasteiger partial charge on any atom is 0.338 e. The second-order valence-electron chi connectivity index (χ2n) is 5.33. The van der Waals surface area contributed by atoms with Gasteiger partial charge in [-0.05, 0) is 25.1 Å². The number of urea groups is 1. The molecule has 4 amide bonds. The molecule has 0 aromatic heterocycles. The van der Waals surface area contributed by atoms with Gasteiger partial charge in [0.15, 0.2) is 6.61 Å². The second-order valence-corrected chi connectivity index (χ2v) is 6.72. The topological polar surface area (TPSA) is 123 Å². The van der Waals surface area contributed by atoms with Gasteiger partial charge in [0.25, 0.3) is 5.91 Å². The van der Waals surface area contributed by atoms with Crippen molar-refractivity contribution in [2.45, 2.75) is 17.1 Å². The van der Waals surface area contributed by atoms with Gasteiger partial charge >= 0.3 is 12.0 Å². The number of hydrogen-bond donors (Lipinski definition) is 3. The molecule has 1 aromatic rings. The maximum atomic E-state index is 12.0. The summed E-state index contributed by atoms with van der Waals surface area (Å²) in [7, 11) is 1.48. The smallest absolute Gasteiger partial charge is 0.338 e. The summed E-state index contributed by atoms with van der Waals surface area (Å²) >= 11 is 1.39. The molecule has 0 fully saturated rings. The fourth-order valence-electron chi connectivity index (χ4n) is 2.02. The largest absolute Gasteiger partial charge is 0.452 e. The molecule has 1 aromatic carbocycles. The third-order valence-corrected chi connectivity index (χ3v) is 4.50. The molecule has 1 heterocycles. The van der Waals surface area contributed by atoms with E-state index in [1.807, 2.05) is 5.32 Å². The molecule has 140 valence electrons. The fourth-order valence-corrected chi connectivity index (χ4v) is 2.95. The van der Waals surface area contributed by atoms with Gasteiger partial charge in [-0.1, -0.05) is 0 Å². The molecule has 1 unspecified atom stereocenters. The molecule has 1 aliphatic rings. The Balaban J connectivity index is 1.84. The zero-order chi connectivity index (χ0) is 19.1. The first-order chi connectivity index (χ1) is 12.4. The van der Waals surface area contributed by atoms with Crippen molar-refractivity contribution in [1.29, 1.82) is 0 Å². The van der Waals surface area contributed by atoms with Crippen molar-refractivity contribution >= 4 is 41.3 Å². The lowest BCUT2D eigenvalue weighted by molar-refractivity contribution is -0.123. The summed E-state index contributed by atoms with van der Waals surface area (Å²) in [6.07, 6.45) is 0. The zero-order valence-corrected chi connectivity index (χ0v) is 15.1. The quantitative estimate of drug-likeness (QED) is 0.491. The third-order valence-electron chi connectivity index (χ3n) is 3.33. The molecule has 0 saturated carbocycles. The van der Waals surface area contributed by atoms with Gasteiger partial charge in [0, 0.05) is 18.6 Å². The van der Waals surface area contributed by atoms with E-state index in [1.165, 1.54) is 24.9 Å². The molecule has 2 rings (SSSR count). The highest BCUT2D eigenvalue weighted by Crippen LogP contribution is 2.35. The molecule has 1 aliphatic heterocycles. The number of nitrogens with one attached hydrogen (secondary N) is 3. The van der Waals surface area contributed by atoms with Gasteiger partial charge in [-0.15, -0.1) is 11.8 Å². The number of thioether (sulfide) groups is 1. The SMILES string of the molecule is COCCNC(=O)NC(=O)COC(=O)c1ccc2c(c1)NC(=O)C(C)S2. The number of amides is 4. The van der Waals surface area contributed by atoms with E-state index in [9.17, 15) is 19.2 Å². The lowest BCUT2D eigenvalue weighted by Gasteiger charge is -2.21. The van der Waals surface area contributed by atoms with Gasteiger partial charge in [-0.2, -0.15) is 0 Å². The van der Waals surface area contributed by atoms with Crippen molar-refractivity contribution in [3.8, 4) is 0 Å². The van der Waals surface area contributed by atoms with E-state index in [2.05, 4.69) is 10.6 Å². The number of ether oxygens (including phenoxy) is 2. The van der Waals surface area contributed by atoms with Crippen LogP contribution in [-0.2, 0) is 19.1 Å². The number of fused-ring (bicyclic) bond motifs is 1. The van der Waals surface area contributed by atoms with Crippen LogP contribution in [0.5, 0.6) is 0 Å². The molecule has 26 heavy (non-hydrogen) atoms. The van der Waals surface area contributed by atoms with Gasteiger partial charge in [-0.3, -0.25) is 14.9 Å². The molecule has 0 saturated heterocycles. The third kappa shape index (κ3) is 5.46. The summed E-state index contributed by atoms with van der Waals surface area (Å²) in [5.74, 6) is -1.64. The van der Waals surface area contributed by atoms with Gasteiger partial charge in [0.1, 0.15) is 0 Å². The summed E-state index contributed by atoms with van der Waals surface area (Å²) < 4.78 is 9.63. The minimum absolute atomic E-state index is 0.146. The molecule has 0 bridgehead atoms. The average molecular weight is 381 g/mol. The predicted molar refractivity (Wildman–Crippen MR) is 94.1 cm³/mol. The van der Waals surface area contributed by atoms with E-state index in [1.54, 1.807) is 19.1 Å². The Bertz CT molecular complexity index is 724. The number of hydrogen-bond acceptors (Lipinski definition) is 7. The number of rotatable bonds is 6. The van der Waals surface area contributed by atoms with E-state index in [-0.39, 0.29) is 23.3 Å². The maximum absolute atomic E-state index is 12.0. The van der Waals surface area contributed by atoms with E-state index < -0.39 is 24.5 Å². The molecule has 3 N–H and O–H groups in total. The van der Waals surface area contributed by atoms with Crippen LogP contribution in [0.15, 0.2) is 23.1 Å². The summed E-state index contributed by atoms with van der Waals surface area (Å²) in [6.45, 7) is 1.73. The van der Waals surface area contributed by atoms with Crippen molar-refractivity contribution in [2.75, 3.05) is 32.2 Å². The van der Waals surface area contributed by atoms with Gasteiger partial charge in [0.05, 0.1) is 23.1 Å². The van der Waals surface area contributed by atoms with Crippen molar-refractivity contribution in [3.05, 3.63) is 23.8 Å². The van der Waals surface area contributed by atoms with Crippen molar-refractivity contribution in [1.82, 2.24) is 10.6 Å². The van der Waals surface area contributed by atoms with Crippen LogP contribution < -0.4 is 16.0 Å². The Morgan fingerprint density at radius 2 is 2.08 bits per heavy atom. The van der Waals surface area contributed by atoms with Crippen molar-refractivity contribution < 1.29 is 28.7 Å². The summed E-state index contributed by atoms with van der Waals surface area (Å²) in [5, 5.41) is 6.92. The summed E-state index contributed by atoms with van der Waals surface area (Å²) in [5.41, 5.74) is 0.714. The molecule has 9 nitrogen and oxygen atoms in total. The van der Waals surface area contributed by atoms with Crippen LogP contribution in [0.2, 0.25) is 0 Å². The number of carbonyl (C=O) groups excluding carboxylic acids is 4. The van der Waals surface area contributed by atoms with Crippen LogP contribution in [-0.4, -0.2) is 55.9 Å². The molecular formula is C16H19N3O6S. The number of carbonyl (C=O) groups is 4. The average Bonchev–Trinajstić information content (AvgIpc) is 2.60. The van der Waals surface area contributed by atoms with Crippen LogP contribution in [0.1, 0.15) is 17.3 Å². The van der Waals surface area contributed by atoms with Gasteiger partial charge in [0.2, 0.25) is 5.91 Å². The predicted octanol–water partition coefficient (Wildman–Crippen LogP) is 0.748. The number of methoxy groups -OCH3 is 1. The van der Waals surface area contributed by atoms with Crippen molar-refractivity contribution in [2.24, 2.45) is 0 Å². The van der Waals surface area contributed by atoms with E-state index in [4.69, 9.17) is 9.47 Å². The second kappa shape index (κ2) is 9.20. The number of imide groups is 1. The number of esters is 1. The first-order valence-electron chi connectivity index (χ1n) is 7.76. The van der Waals surface area contributed by atoms with Crippen LogP contribution in [0.25, 0.3) is 0 Å². The fraction of sp³-hybridized carbons (Fsp3) is 0.375. The van der Waals surface area contributed by atoms with Crippen LogP contribution in [0.3, 0.4) is 0 Å². The number of benzene rings is 1. The summed E-state index contributed by atoms with van der Waals surface area (Å²) in [4.78, 5) is 47.6.